The van der Waals surface area contributed by atoms with Crippen LogP contribution in [0.4, 0.5) is 16.2 Å². The van der Waals surface area contributed by atoms with Crippen LogP contribution in [0.15, 0.2) is 72.8 Å². The summed E-state index contributed by atoms with van der Waals surface area (Å²) in [6, 6.07) is 24.3. The number of morpholine rings is 1. The lowest BCUT2D eigenvalue weighted by Gasteiger charge is -2.40. The average molecular weight is 651 g/mol. The van der Waals surface area contributed by atoms with Gasteiger partial charge in [-0.15, -0.1) is 0 Å². The molecule has 2 N–H and O–H groups in total. The van der Waals surface area contributed by atoms with Gasteiger partial charge in [0.25, 0.3) is 0 Å². The maximum atomic E-state index is 14.8. The molecule has 10 heteroatoms. The summed E-state index contributed by atoms with van der Waals surface area (Å²) < 4.78 is 11.3. The first-order valence-corrected chi connectivity index (χ1v) is 17.2. The van der Waals surface area contributed by atoms with E-state index in [0.29, 0.717) is 45.2 Å². The van der Waals surface area contributed by atoms with Gasteiger partial charge >= 0.3 is 6.09 Å². The third-order valence-corrected chi connectivity index (χ3v) is 9.56. The highest BCUT2D eigenvalue weighted by Crippen LogP contribution is 2.43. The number of ether oxygens (including phenoxy) is 2. The number of aromatic nitrogens is 2. The fraction of sp³-hybridized carbons (Fsp3) is 0.447. The number of carbonyl (C=O) groups is 2. The molecule has 2 amide bonds. The Morgan fingerprint density at radius 2 is 1.79 bits per heavy atom. The molecule has 252 valence electrons. The van der Waals surface area contributed by atoms with Gasteiger partial charge in [0, 0.05) is 44.1 Å². The van der Waals surface area contributed by atoms with Crippen molar-refractivity contribution in [3.63, 3.8) is 0 Å². The Labute approximate surface area is 282 Å². The molecule has 2 saturated heterocycles. The van der Waals surface area contributed by atoms with E-state index in [4.69, 9.17) is 14.5 Å². The van der Waals surface area contributed by atoms with Crippen molar-refractivity contribution in [1.29, 1.82) is 0 Å². The van der Waals surface area contributed by atoms with E-state index in [1.807, 2.05) is 73.0 Å². The van der Waals surface area contributed by atoms with E-state index in [-0.39, 0.29) is 24.0 Å². The molecule has 4 heterocycles. The summed E-state index contributed by atoms with van der Waals surface area (Å²) in [5.74, 6) is 0.302. The molecule has 3 atom stereocenters. The predicted molar refractivity (Wildman–Crippen MR) is 187 cm³/mol. The first kappa shape index (κ1) is 32.2. The molecular formula is C38H46N6O4. The van der Waals surface area contributed by atoms with Crippen LogP contribution in [0.5, 0.6) is 0 Å². The van der Waals surface area contributed by atoms with Crippen LogP contribution in [0.25, 0.3) is 11.0 Å². The van der Waals surface area contributed by atoms with Gasteiger partial charge in [0.2, 0.25) is 5.91 Å². The average Bonchev–Trinajstić information content (AvgIpc) is 3.52. The highest BCUT2D eigenvalue weighted by atomic mass is 16.6. The first-order valence-electron chi connectivity index (χ1n) is 17.2. The molecule has 3 aromatic carbocycles. The van der Waals surface area contributed by atoms with E-state index in [1.165, 1.54) is 0 Å². The number of anilines is 2. The second-order valence-corrected chi connectivity index (χ2v) is 14.2. The van der Waals surface area contributed by atoms with Gasteiger partial charge in [-0.1, -0.05) is 48.5 Å². The van der Waals surface area contributed by atoms with Gasteiger partial charge < -0.3 is 34.5 Å². The van der Waals surface area contributed by atoms with E-state index in [0.717, 1.165) is 59.5 Å². The van der Waals surface area contributed by atoms with Crippen LogP contribution in [-0.4, -0.2) is 78.4 Å². The van der Waals surface area contributed by atoms with Crippen LogP contribution in [-0.2, 0) is 20.8 Å². The summed E-state index contributed by atoms with van der Waals surface area (Å²) in [5, 5.41) is 3.82. The topological polar surface area (TPSA) is 103 Å². The van der Waals surface area contributed by atoms with Crippen LogP contribution in [0.2, 0.25) is 0 Å². The van der Waals surface area contributed by atoms with Crippen LogP contribution in [0.3, 0.4) is 0 Å². The van der Waals surface area contributed by atoms with Crippen molar-refractivity contribution >= 4 is 34.4 Å². The Morgan fingerprint density at radius 1 is 1.02 bits per heavy atom. The Kier molecular flexibility index (Phi) is 9.11. The normalized spacial score (nSPS) is 21.8. The quantitative estimate of drug-likeness (QED) is 0.253. The number of amides is 2. The molecule has 0 aliphatic carbocycles. The molecule has 0 radical (unpaired) electrons. The molecule has 7 rings (SSSR count). The number of nitrogens with one attached hydrogen (secondary N) is 2. The van der Waals surface area contributed by atoms with Crippen molar-refractivity contribution < 1.29 is 19.1 Å². The Morgan fingerprint density at radius 3 is 2.58 bits per heavy atom. The summed E-state index contributed by atoms with van der Waals surface area (Å²) in [5.41, 5.74) is 5.36. The minimum atomic E-state index is -0.576. The number of hydrogen-bond acceptors (Lipinski definition) is 7. The summed E-state index contributed by atoms with van der Waals surface area (Å²) in [6.45, 7) is 11.2. The molecule has 4 aromatic rings. The van der Waals surface area contributed by atoms with Crippen LogP contribution in [0, 0.1) is 5.92 Å². The number of benzene rings is 3. The van der Waals surface area contributed by atoms with Crippen LogP contribution in [0.1, 0.15) is 62.5 Å². The van der Waals surface area contributed by atoms with Gasteiger partial charge in [0.15, 0.2) is 0 Å². The largest absolute Gasteiger partial charge is 0.444 e. The summed E-state index contributed by atoms with van der Waals surface area (Å²) >= 11 is 0. The highest BCUT2D eigenvalue weighted by Gasteiger charge is 2.43. The number of imidazole rings is 1. The molecule has 0 spiro atoms. The molecule has 2 fully saturated rings. The van der Waals surface area contributed by atoms with Crippen molar-refractivity contribution in [1.82, 2.24) is 20.2 Å². The summed E-state index contributed by atoms with van der Waals surface area (Å²) in [4.78, 5) is 42.3. The Balaban J connectivity index is 1.21. The van der Waals surface area contributed by atoms with E-state index in [1.54, 1.807) is 0 Å². The zero-order valence-electron chi connectivity index (χ0n) is 28.2. The molecule has 1 aromatic heterocycles. The number of fused-ring (bicyclic) bond motifs is 2. The second-order valence-electron chi connectivity index (χ2n) is 14.2. The van der Waals surface area contributed by atoms with Gasteiger partial charge in [-0.2, -0.15) is 0 Å². The number of likely N-dealkylation sites (tertiary alicyclic amines) is 1. The highest BCUT2D eigenvalue weighted by molar-refractivity contribution is 6.02. The van der Waals surface area contributed by atoms with Gasteiger partial charge in [-0.05, 0) is 74.9 Å². The fourth-order valence-electron chi connectivity index (χ4n) is 7.24. The lowest BCUT2D eigenvalue weighted by molar-refractivity contribution is -0.121. The summed E-state index contributed by atoms with van der Waals surface area (Å²) in [7, 11) is 0. The van der Waals surface area contributed by atoms with Crippen molar-refractivity contribution in [2.45, 2.75) is 57.7 Å². The monoisotopic (exact) mass is 650 g/mol. The number of carbonyl (C=O) groups excluding carboxylic acids is 2. The van der Waals surface area contributed by atoms with Crippen molar-refractivity contribution in [2.24, 2.45) is 5.92 Å². The van der Waals surface area contributed by atoms with Crippen LogP contribution >= 0.6 is 0 Å². The third kappa shape index (κ3) is 6.91. The number of piperidine rings is 1. The maximum absolute atomic E-state index is 14.8. The van der Waals surface area contributed by atoms with Crippen molar-refractivity contribution in [3.8, 4) is 0 Å². The number of nitrogens with zero attached hydrogens (tertiary/aromatic N) is 4. The number of aromatic amines is 1. The second kappa shape index (κ2) is 13.6. The van der Waals surface area contributed by atoms with Crippen molar-refractivity contribution in [3.05, 3.63) is 89.7 Å². The number of hydrogen-bond donors (Lipinski definition) is 2. The molecule has 0 saturated carbocycles. The smallest absolute Gasteiger partial charge is 0.410 e. The lowest BCUT2D eigenvalue weighted by atomic mass is 9.84. The standard InChI is InChI=1S/C38H46N6O4/c1-38(2,3)48-37(46)43-17-9-12-27(24-43)23-39-34-29-13-7-8-14-32(29)44(25-26-10-5-4-6-11-26)36(45)33(34)35-40-30-16-15-28(22-31(30)41-35)42-18-20-47-21-19-42/h4-8,10-11,13-16,22,27,33-34,39H,9,12,17-21,23-25H2,1-3H3,(H,40,41). The Hall–Kier alpha value is -4.41. The number of para-hydroxylation sites is 1. The SMILES string of the molecule is CC(C)(C)OC(=O)N1CCCC(CNC2c3ccccc3N(Cc3ccccc3)C(=O)C2c2nc3ccc(N4CCOCC4)cc3[nH]2)C1. The minimum absolute atomic E-state index is 0.00142. The number of H-pyrrole nitrogens is 1. The van der Waals surface area contributed by atoms with Gasteiger partial charge in [0.05, 0.1) is 36.8 Å². The molecule has 3 aliphatic rings. The zero-order valence-corrected chi connectivity index (χ0v) is 28.2. The van der Waals surface area contributed by atoms with Gasteiger partial charge in [-0.3, -0.25) is 4.79 Å². The predicted octanol–water partition coefficient (Wildman–Crippen LogP) is 6.01. The van der Waals surface area contributed by atoms with E-state index < -0.39 is 11.5 Å². The first-order chi connectivity index (χ1) is 23.2. The Bertz CT molecular complexity index is 1740. The molecular weight excluding hydrogens is 604 g/mol. The lowest BCUT2D eigenvalue weighted by Crippen LogP contribution is -2.48. The molecule has 3 unspecified atom stereocenters. The minimum Gasteiger partial charge on any atom is -0.444 e. The third-order valence-electron chi connectivity index (χ3n) is 9.56. The molecule has 0 bridgehead atoms. The van der Waals surface area contributed by atoms with Gasteiger partial charge in [-0.25, -0.2) is 9.78 Å². The van der Waals surface area contributed by atoms with Crippen LogP contribution < -0.4 is 15.1 Å². The van der Waals surface area contributed by atoms with E-state index >= 15 is 0 Å². The van der Waals surface area contributed by atoms with E-state index in [2.05, 4.69) is 45.5 Å². The molecule has 10 nitrogen and oxygen atoms in total. The van der Waals surface area contributed by atoms with Crippen molar-refractivity contribution in [2.75, 3.05) is 55.7 Å². The fourth-order valence-corrected chi connectivity index (χ4v) is 7.24. The maximum Gasteiger partial charge on any atom is 0.410 e. The molecule has 48 heavy (non-hydrogen) atoms. The zero-order chi connectivity index (χ0) is 33.3. The number of rotatable bonds is 7. The van der Waals surface area contributed by atoms with E-state index in [9.17, 15) is 9.59 Å². The summed E-state index contributed by atoms with van der Waals surface area (Å²) in [6.07, 6.45) is 1.64. The van der Waals surface area contributed by atoms with Gasteiger partial charge in [0.1, 0.15) is 17.3 Å². The molecule has 3 aliphatic heterocycles.